The minimum Gasteiger partial charge on any atom is -0.454 e. The van der Waals surface area contributed by atoms with Gasteiger partial charge in [0.1, 0.15) is 11.6 Å². The molecule has 0 N–H and O–H groups in total. The molecule has 2 aromatic rings. The zero-order chi connectivity index (χ0) is 15.7. The number of carbonyl (C=O) groups excluding carboxylic acids is 1. The van der Waals surface area contributed by atoms with E-state index in [9.17, 15) is 13.6 Å². The fraction of sp³-hybridized carbons (Fsp3) is 0.188. The smallest absolute Gasteiger partial charge is 0.256 e. The number of benzene rings is 2. The van der Waals surface area contributed by atoms with E-state index in [0.717, 1.165) is 17.7 Å². The second-order valence-electron chi connectivity index (χ2n) is 4.97. The number of halogens is 2. The van der Waals surface area contributed by atoms with E-state index in [4.69, 9.17) is 9.47 Å². The van der Waals surface area contributed by atoms with Crippen LogP contribution in [-0.2, 0) is 6.54 Å². The van der Waals surface area contributed by atoms with E-state index in [2.05, 4.69) is 0 Å². The molecule has 1 amide bonds. The summed E-state index contributed by atoms with van der Waals surface area (Å²) in [6, 6.07) is 8.23. The molecule has 1 aliphatic heterocycles. The topological polar surface area (TPSA) is 38.8 Å². The van der Waals surface area contributed by atoms with Gasteiger partial charge in [0.2, 0.25) is 6.79 Å². The Morgan fingerprint density at radius 2 is 1.91 bits per heavy atom. The van der Waals surface area contributed by atoms with E-state index in [1.165, 1.54) is 4.90 Å². The van der Waals surface area contributed by atoms with Crippen LogP contribution >= 0.6 is 0 Å². The van der Waals surface area contributed by atoms with Gasteiger partial charge in [-0.25, -0.2) is 8.78 Å². The van der Waals surface area contributed by atoms with E-state index in [1.807, 2.05) is 0 Å². The molecule has 6 heteroatoms. The zero-order valence-electron chi connectivity index (χ0n) is 11.8. The molecule has 3 rings (SSSR count). The average Bonchev–Trinajstić information content (AvgIpc) is 2.94. The molecule has 1 heterocycles. The fourth-order valence-electron chi connectivity index (χ4n) is 2.25. The first-order valence-electron chi connectivity index (χ1n) is 6.63. The molecule has 1 aliphatic rings. The predicted octanol–water partition coefficient (Wildman–Crippen LogP) is 2.97. The molecule has 0 unspecified atom stereocenters. The lowest BCUT2D eigenvalue weighted by Gasteiger charge is -2.18. The third-order valence-electron chi connectivity index (χ3n) is 3.36. The highest BCUT2D eigenvalue weighted by Crippen LogP contribution is 2.32. The summed E-state index contributed by atoms with van der Waals surface area (Å²) in [7, 11) is 1.55. The van der Waals surface area contributed by atoms with Crippen LogP contribution in [0.15, 0.2) is 36.4 Å². The van der Waals surface area contributed by atoms with Gasteiger partial charge in [-0.2, -0.15) is 0 Å². The van der Waals surface area contributed by atoms with Crippen LogP contribution in [0.2, 0.25) is 0 Å². The molecule has 0 saturated carbocycles. The molecule has 114 valence electrons. The maximum absolute atomic E-state index is 13.7. The normalized spacial score (nSPS) is 12.3. The minimum absolute atomic E-state index is 0.162. The summed E-state index contributed by atoms with van der Waals surface area (Å²) < 4.78 is 37.0. The molecule has 0 saturated heterocycles. The molecule has 22 heavy (non-hydrogen) atoms. The molecular formula is C16H13F2NO3. The maximum atomic E-state index is 13.7. The van der Waals surface area contributed by atoms with Gasteiger partial charge in [0.05, 0.1) is 5.56 Å². The summed E-state index contributed by atoms with van der Waals surface area (Å²) >= 11 is 0. The van der Waals surface area contributed by atoms with Crippen LogP contribution in [0, 0.1) is 11.6 Å². The lowest BCUT2D eigenvalue weighted by Crippen LogP contribution is -2.27. The molecule has 0 atom stereocenters. The summed E-state index contributed by atoms with van der Waals surface area (Å²) in [4.78, 5) is 13.6. The standard InChI is InChI=1S/C16H13F2NO3/c1-19(16(20)12-4-3-11(17)7-13(12)18)8-10-2-5-14-15(6-10)22-9-21-14/h2-7H,8-9H2,1H3. The van der Waals surface area contributed by atoms with Crippen LogP contribution in [0.5, 0.6) is 11.5 Å². The summed E-state index contributed by atoms with van der Waals surface area (Å²) in [6.45, 7) is 0.445. The first-order valence-corrected chi connectivity index (χ1v) is 6.63. The van der Waals surface area contributed by atoms with Crippen LogP contribution in [-0.4, -0.2) is 24.6 Å². The summed E-state index contributed by atoms with van der Waals surface area (Å²) in [5, 5.41) is 0. The highest BCUT2D eigenvalue weighted by Gasteiger charge is 2.18. The summed E-state index contributed by atoms with van der Waals surface area (Å²) in [5.41, 5.74) is 0.660. The van der Waals surface area contributed by atoms with Crippen molar-refractivity contribution in [3.63, 3.8) is 0 Å². The van der Waals surface area contributed by atoms with Gasteiger partial charge in [-0.1, -0.05) is 6.07 Å². The number of carbonyl (C=O) groups is 1. The number of nitrogens with zero attached hydrogens (tertiary/aromatic N) is 1. The third kappa shape index (κ3) is 2.72. The summed E-state index contributed by atoms with van der Waals surface area (Å²) in [6.07, 6.45) is 0. The number of fused-ring (bicyclic) bond motifs is 1. The van der Waals surface area contributed by atoms with Crippen LogP contribution < -0.4 is 9.47 Å². The molecule has 0 aromatic heterocycles. The lowest BCUT2D eigenvalue weighted by atomic mass is 10.1. The van der Waals surface area contributed by atoms with Crippen molar-refractivity contribution in [1.82, 2.24) is 4.90 Å². The lowest BCUT2D eigenvalue weighted by molar-refractivity contribution is 0.0780. The van der Waals surface area contributed by atoms with Gasteiger partial charge in [0.25, 0.3) is 5.91 Å². The van der Waals surface area contributed by atoms with Crippen molar-refractivity contribution < 1.29 is 23.0 Å². The Hall–Kier alpha value is -2.63. The summed E-state index contributed by atoms with van der Waals surface area (Å²) in [5.74, 6) is -0.834. The fourth-order valence-corrected chi connectivity index (χ4v) is 2.25. The van der Waals surface area contributed by atoms with Crippen molar-refractivity contribution in [2.24, 2.45) is 0 Å². The molecule has 2 aromatic carbocycles. The zero-order valence-corrected chi connectivity index (χ0v) is 11.8. The van der Waals surface area contributed by atoms with Crippen LogP contribution in [0.3, 0.4) is 0 Å². The second kappa shape index (κ2) is 5.63. The molecule has 0 bridgehead atoms. The monoisotopic (exact) mass is 305 g/mol. The quantitative estimate of drug-likeness (QED) is 0.875. The predicted molar refractivity (Wildman–Crippen MR) is 74.7 cm³/mol. The third-order valence-corrected chi connectivity index (χ3v) is 3.36. The van der Waals surface area contributed by atoms with Gasteiger partial charge in [0, 0.05) is 19.7 Å². The van der Waals surface area contributed by atoms with Crippen molar-refractivity contribution in [3.05, 3.63) is 59.2 Å². The Bertz CT molecular complexity index is 733. The van der Waals surface area contributed by atoms with Gasteiger partial charge in [-0.15, -0.1) is 0 Å². The Balaban J connectivity index is 1.76. The Kier molecular flexibility index (Phi) is 3.66. The number of hydrogen-bond acceptors (Lipinski definition) is 3. The molecule has 0 radical (unpaired) electrons. The van der Waals surface area contributed by atoms with E-state index < -0.39 is 17.5 Å². The molecular weight excluding hydrogens is 292 g/mol. The maximum Gasteiger partial charge on any atom is 0.256 e. The molecule has 0 spiro atoms. The van der Waals surface area contributed by atoms with E-state index in [0.29, 0.717) is 17.6 Å². The van der Waals surface area contributed by atoms with Crippen molar-refractivity contribution >= 4 is 5.91 Å². The minimum atomic E-state index is -0.873. The van der Waals surface area contributed by atoms with Gasteiger partial charge >= 0.3 is 0 Å². The number of rotatable bonds is 3. The second-order valence-corrected chi connectivity index (χ2v) is 4.97. The first kappa shape index (κ1) is 14.3. The molecule has 0 aliphatic carbocycles. The molecule has 4 nitrogen and oxygen atoms in total. The highest BCUT2D eigenvalue weighted by molar-refractivity contribution is 5.94. The SMILES string of the molecule is CN(Cc1ccc2c(c1)OCO2)C(=O)c1ccc(F)cc1F. The van der Waals surface area contributed by atoms with Crippen LogP contribution in [0.25, 0.3) is 0 Å². The number of amides is 1. The number of hydrogen-bond donors (Lipinski definition) is 0. The Labute approximate surface area is 125 Å². The van der Waals surface area contributed by atoms with Crippen molar-refractivity contribution in [2.45, 2.75) is 6.54 Å². The Morgan fingerprint density at radius 3 is 2.68 bits per heavy atom. The van der Waals surface area contributed by atoms with Gasteiger partial charge in [-0.05, 0) is 29.8 Å². The van der Waals surface area contributed by atoms with Crippen molar-refractivity contribution in [3.8, 4) is 11.5 Å². The highest BCUT2D eigenvalue weighted by atomic mass is 19.1. The average molecular weight is 305 g/mol. The van der Waals surface area contributed by atoms with Gasteiger partial charge < -0.3 is 14.4 Å². The van der Waals surface area contributed by atoms with E-state index >= 15 is 0 Å². The van der Waals surface area contributed by atoms with E-state index in [-0.39, 0.29) is 18.9 Å². The number of ether oxygens (including phenoxy) is 2. The van der Waals surface area contributed by atoms with Crippen LogP contribution in [0.4, 0.5) is 8.78 Å². The van der Waals surface area contributed by atoms with Crippen molar-refractivity contribution in [2.75, 3.05) is 13.8 Å². The van der Waals surface area contributed by atoms with Gasteiger partial charge in [-0.3, -0.25) is 4.79 Å². The molecule has 0 fully saturated rings. The van der Waals surface area contributed by atoms with Gasteiger partial charge in [0.15, 0.2) is 11.5 Å². The largest absolute Gasteiger partial charge is 0.454 e. The first-order chi connectivity index (χ1) is 10.5. The van der Waals surface area contributed by atoms with Crippen molar-refractivity contribution in [1.29, 1.82) is 0 Å². The Morgan fingerprint density at radius 1 is 1.14 bits per heavy atom. The van der Waals surface area contributed by atoms with E-state index in [1.54, 1.807) is 25.2 Å². The van der Waals surface area contributed by atoms with Crippen LogP contribution in [0.1, 0.15) is 15.9 Å².